The number of halogens is 2. The summed E-state index contributed by atoms with van der Waals surface area (Å²) >= 11 is 0. The summed E-state index contributed by atoms with van der Waals surface area (Å²) in [6.07, 6.45) is 4.55. The third-order valence-corrected chi connectivity index (χ3v) is 5.20. The Hall–Kier alpha value is -1.53. The highest BCUT2D eigenvalue weighted by molar-refractivity contribution is 5.80. The maximum atomic E-state index is 13.8. The lowest BCUT2D eigenvalue weighted by atomic mass is 10.0. The van der Waals surface area contributed by atoms with Crippen molar-refractivity contribution in [1.82, 2.24) is 10.2 Å². The van der Waals surface area contributed by atoms with Gasteiger partial charge in [0, 0.05) is 30.7 Å². The highest BCUT2D eigenvalue weighted by Crippen LogP contribution is 2.25. The molecule has 3 N–H and O–H groups in total. The van der Waals surface area contributed by atoms with Crippen LogP contribution in [0.1, 0.15) is 37.7 Å². The quantitative estimate of drug-likeness (QED) is 0.885. The molecule has 1 saturated carbocycles. The lowest BCUT2D eigenvalue weighted by Gasteiger charge is -2.34. The third-order valence-electron chi connectivity index (χ3n) is 5.20. The predicted molar refractivity (Wildman–Crippen MR) is 88.1 cm³/mol. The summed E-state index contributed by atoms with van der Waals surface area (Å²) in [5.41, 5.74) is 6.09. The Morgan fingerprint density at radius 3 is 2.62 bits per heavy atom. The van der Waals surface area contributed by atoms with Gasteiger partial charge in [0.2, 0.25) is 5.91 Å². The molecule has 0 bridgehead atoms. The number of carbonyl (C=O) groups excluding carboxylic acids is 1. The Kier molecular flexibility index (Phi) is 5.46. The van der Waals surface area contributed by atoms with Crippen LogP contribution >= 0.6 is 0 Å². The van der Waals surface area contributed by atoms with Gasteiger partial charge in [-0.05, 0) is 44.4 Å². The van der Waals surface area contributed by atoms with E-state index in [9.17, 15) is 13.6 Å². The van der Waals surface area contributed by atoms with Crippen LogP contribution in [0, 0.1) is 17.6 Å². The average Bonchev–Trinajstić information content (AvgIpc) is 2.98. The van der Waals surface area contributed by atoms with Crippen molar-refractivity contribution in [2.75, 3.05) is 13.1 Å². The fraction of sp³-hybridized carbons (Fsp3) is 0.611. The second-order valence-corrected chi connectivity index (χ2v) is 6.98. The Balaban J connectivity index is 1.57. The summed E-state index contributed by atoms with van der Waals surface area (Å²) in [5, 5.41) is 3.09. The number of benzene rings is 1. The second kappa shape index (κ2) is 7.57. The zero-order chi connectivity index (χ0) is 17.1. The van der Waals surface area contributed by atoms with Gasteiger partial charge in [-0.1, -0.05) is 12.5 Å². The number of likely N-dealkylation sites (tertiary alicyclic amines) is 1. The molecular weight excluding hydrogens is 312 g/mol. The topological polar surface area (TPSA) is 58.4 Å². The van der Waals surface area contributed by atoms with Gasteiger partial charge in [0.25, 0.3) is 0 Å². The third kappa shape index (κ3) is 3.92. The molecule has 3 atom stereocenters. The van der Waals surface area contributed by atoms with E-state index >= 15 is 0 Å². The minimum Gasteiger partial charge on any atom is -0.352 e. The standard InChI is InChI=1S/C18H25F2N3O/c19-15-6-2-7-16(20)14(15)11-23-9-3-4-12(10-23)22-18(24)13-5-1-8-17(13)21/h2,6-7,12-13,17H,1,3-5,8-11,21H2,(H,22,24)/t12-,13-,17-/m1/s1. The summed E-state index contributed by atoms with van der Waals surface area (Å²) in [6.45, 7) is 1.62. The first-order chi connectivity index (χ1) is 11.5. The van der Waals surface area contributed by atoms with Gasteiger partial charge >= 0.3 is 0 Å². The van der Waals surface area contributed by atoms with Crippen LogP contribution in [0.3, 0.4) is 0 Å². The van der Waals surface area contributed by atoms with Gasteiger partial charge in [0.1, 0.15) is 11.6 Å². The second-order valence-electron chi connectivity index (χ2n) is 6.98. The highest BCUT2D eigenvalue weighted by Gasteiger charge is 2.32. The van der Waals surface area contributed by atoms with Crippen molar-refractivity contribution in [2.45, 2.75) is 50.7 Å². The average molecular weight is 337 g/mol. The van der Waals surface area contributed by atoms with Crippen LogP contribution in [0.5, 0.6) is 0 Å². The molecule has 4 nitrogen and oxygen atoms in total. The number of nitrogens with two attached hydrogens (primary N) is 1. The number of piperidine rings is 1. The fourth-order valence-electron chi connectivity index (χ4n) is 3.85. The minimum atomic E-state index is -0.516. The summed E-state index contributed by atoms with van der Waals surface area (Å²) in [5.74, 6) is -1.09. The molecule has 1 heterocycles. The summed E-state index contributed by atoms with van der Waals surface area (Å²) < 4.78 is 27.6. The molecule has 1 aromatic rings. The van der Waals surface area contributed by atoms with Crippen LogP contribution in [-0.2, 0) is 11.3 Å². The molecule has 132 valence electrons. The molecule has 0 unspecified atom stereocenters. The molecule has 1 aliphatic heterocycles. The van der Waals surface area contributed by atoms with Crippen LogP contribution in [0.2, 0.25) is 0 Å². The van der Waals surface area contributed by atoms with E-state index in [4.69, 9.17) is 5.73 Å². The van der Waals surface area contributed by atoms with Gasteiger partial charge in [0.05, 0.1) is 5.92 Å². The number of carbonyl (C=O) groups is 1. The van der Waals surface area contributed by atoms with E-state index in [2.05, 4.69) is 5.32 Å². The van der Waals surface area contributed by atoms with E-state index in [-0.39, 0.29) is 36.0 Å². The van der Waals surface area contributed by atoms with Crippen molar-refractivity contribution in [3.63, 3.8) is 0 Å². The largest absolute Gasteiger partial charge is 0.352 e. The molecule has 1 saturated heterocycles. The molecule has 0 spiro atoms. The molecule has 6 heteroatoms. The van der Waals surface area contributed by atoms with Gasteiger partial charge < -0.3 is 11.1 Å². The molecule has 0 aromatic heterocycles. The monoisotopic (exact) mass is 337 g/mol. The van der Waals surface area contributed by atoms with E-state index in [1.54, 1.807) is 0 Å². The fourth-order valence-corrected chi connectivity index (χ4v) is 3.85. The van der Waals surface area contributed by atoms with Crippen molar-refractivity contribution in [2.24, 2.45) is 11.7 Å². The Labute approximate surface area is 141 Å². The van der Waals surface area contributed by atoms with E-state index in [0.29, 0.717) is 6.54 Å². The lowest BCUT2D eigenvalue weighted by Crippen LogP contribution is -2.50. The number of nitrogens with one attached hydrogen (secondary N) is 1. The minimum absolute atomic E-state index is 0.0221. The first-order valence-corrected chi connectivity index (χ1v) is 8.76. The Morgan fingerprint density at radius 1 is 1.21 bits per heavy atom. The molecule has 0 radical (unpaired) electrons. The lowest BCUT2D eigenvalue weighted by molar-refractivity contribution is -0.126. The first kappa shape index (κ1) is 17.3. The number of amides is 1. The van der Waals surface area contributed by atoms with E-state index in [1.807, 2.05) is 4.90 Å². The van der Waals surface area contributed by atoms with Crippen LogP contribution in [0.4, 0.5) is 8.78 Å². The maximum absolute atomic E-state index is 13.8. The number of rotatable bonds is 4. The van der Waals surface area contributed by atoms with Gasteiger partial charge in [-0.2, -0.15) is 0 Å². The smallest absolute Gasteiger partial charge is 0.224 e. The van der Waals surface area contributed by atoms with Gasteiger partial charge in [-0.15, -0.1) is 0 Å². The number of hydrogen-bond donors (Lipinski definition) is 2. The molecule has 24 heavy (non-hydrogen) atoms. The van der Waals surface area contributed by atoms with Crippen LogP contribution in [-0.4, -0.2) is 36.0 Å². The van der Waals surface area contributed by atoms with Crippen LogP contribution < -0.4 is 11.1 Å². The number of nitrogens with zero attached hydrogens (tertiary/aromatic N) is 1. The van der Waals surface area contributed by atoms with E-state index < -0.39 is 11.6 Å². The molecule has 2 fully saturated rings. The van der Waals surface area contributed by atoms with Crippen LogP contribution in [0.25, 0.3) is 0 Å². The summed E-state index contributed by atoms with van der Waals surface area (Å²) in [4.78, 5) is 14.4. The van der Waals surface area contributed by atoms with Crippen molar-refractivity contribution in [3.8, 4) is 0 Å². The van der Waals surface area contributed by atoms with E-state index in [1.165, 1.54) is 18.2 Å². The van der Waals surface area contributed by atoms with Crippen LogP contribution in [0.15, 0.2) is 18.2 Å². The van der Waals surface area contributed by atoms with Gasteiger partial charge in [-0.3, -0.25) is 9.69 Å². The van der Waals surface area contributed by atoms with Crippen molar-refractivity contribution in [1.29, 1.82) is 0 Å². The summed E-state index contributed by atoms with van der Waals surface area (Å²) in [6, 6.07) is 3.91. The molecular formula is C18H25F2N3O. The zero-order valence-electron chi connectivity index (χ0n) is 13.8. The SMILES string of the molecule is N[C@@H]1CCC[C@H]1C(=O)N[C@@H]1CCCN(Cc2c(F)cccc2F)C1. The highest BCUT2D eigenvalue weighted by atomic mass is 19.1. The number of hydrogen-bond acceptors (Lipinski definition) is 3. The first-order valence-electron chi connectivity index (χ1n) is 8.76. The summed E-state index contributed by atoms with van der Waals surface area (Å²) in [7, 11) is 0. The van der Waals surface area contributed by atoms with Crippen molar-refractivity contribution in [3.05, 3.63) is 35.4 Å². The van der Waals surface area contributed by atoms with Crippen molar-refractivity contribution < 1.29 is 13.6 Å². The molecule has 2 aliphatic rings. The molecule has 1 amide bonds. The predicted octanol–water partition coefficient (Wildman–Crippen LogP) is 2.17. The normalized spacial score (nSPS) is 28.0. The zero-order valence-corrected chi connectivity index (χ0v) is 13.8. The molecule has 3 rings (SSSR count). The molecule has 1 aliphatic carbocycles. The Morgan fingerprint density at radius 2 is 1.96 bits per heavy atom. The maximum Gasteiger partial charge on any atom is 0.224 e. The van der Waals surface area contributed by atoms with Gasteiger partial charge in [0.15, 0.2) is 0 Å². The Bertz CT molecular complexity index is 575. The molecule has 1 aromatic carbocycles. The van der Waals surface area contributed by atoms with Gasteiger partial charge in [-0.25, -0.2) is 8.78 Å². The van der Waals surface area contributed by atoms with E-state index in [0.717, 1.165) is 38.6 Å². The van der Waals surface area contributed by atoms with Crippen molar-refractivity contribution >= 4 is 5.91 Å².